The highest BCUT2D eigenvalue weighted by Crippen LogP contribution is 2.37. The van der Waals surface area contributed by atoms with Crippen molar-refractivity contribution in [3.05, 3.63) is 35.1 Å². The van der Waals surface area contributed by atoms with E-state index in [1.807, 2.05) is 13.8 Å². The standard InChI is InChI=1S/C15H21FO2/c1-3-18-13-6-11(7-13)8-15(17)14-9-12(16)5-4-10(14)2/h4-5,9,11,13,15,17H,3,6-8H2,1-2H3. The molecule has 1 aliphatic rings. The summed E-state index contributed by atoms with van der Waals surface area (Å²) in [5.41, 5.74) is 1.67. The van der Waals surface area contributed by atoms with Crippen molar-refractivity contribution >= 4 is 0 Å². The van der Waals surface area contributed by atoms with Crippen molar-refractivity contribution in [2.45, 2.75) is 45.3 Å². The van der Waals surface area contributed by atoms with Crippen LogP contribution in [-0.4, -0.2) is 17.8 Å². The third-order valence-electron chi connectivity index (χ3n) is 3.75. The number of halogens is 1. The maximum absolute atomic E-state index is 13.2. The molecule has 18 heavy (non-hydrogen) atoms. The van der Waals surface area contributed by atoms with E-state index in [4.69, 9.17) is 4.74 Å². The third-order valence-corrected chi connectivity index (χ3v) is 3.75. The van der Waals surface area contributed by atoms with E-state index in [1.165, 1.54) is 12.1 Å². The fraction of sp³-hybridized carbons (Fsp3) is 0.600. The fourth-order valence-corrected chi connectivity index (χ4v) is 2.65. The smallest absolute Gasteiger partial charge is 0.123 e. The summed E-state index contributed by atoms with van der Waals surface area (Å²) in [6, 6.07) is 4.59. The van der Waals surface area contributed by atoms with Gasteiger partial charge in [-0.25, -0.2) is 4.39 Å². The molecule has 1 atom stereocenters. The molecule has 0 heterocycles. The Kier molecular flexibility index (Phi) is 4.36. The van der Waals surface area contributed by atoms with Gasteiger partial charge in [-0.2, -0.15) is 0 Å². The predicted octanol–water partition coefficient (Wildman–Crippen LogP) is 3.37. The Balaban J connectivity index is 1.89. The van der Waals surface area contributed by atoms with Crippen molar-refractivity contribution in [3.8, 4) is 0 Å². The van der Waals surface area contributed by atoms with E-state index < -0.39 is 6.10 Å². The maximum Gasteiger partial charge on any atom is 0.123 e. The van der Waals surface area contributed by atoms with Gasteiger partial charge in [0.1, 0.15) is 5.82 Å². The molecule has 1 N–H and O–H groups in total. The number of benzene rings is 1. The number of ether oxygens (including phenoxy) is 1. The van der Waals surface area contributed by atoms with E-state index in [2.05, 4.69) is 0 Å². The average Bonchev–Trinajstić information content (AvgIpc) is 2.29. The number of hydrogen-bond acceptors (Lipinski definition) is 2. The van der Waals surface area contributed by atoms with Crippen molar-refractivity contribution in [1.29, 1.82) is 0 Å². The fourth-order valence-electron chi connectivity index (χ4n) is 2.65. The van der Waals surface area contributed by atoms with Gasteiger partial charge in [0.15, 0.2) is 0 Å². The minimum Gasteiger partial charge on any atom is -0.388 e. The summed E-state index contributed by atoms with van der Waals surface area (Å²) < 4.78 is 18.7. The molecule has 0 bridgehead atoms. The highest BCUT2D eigenvalue weighted by atomic mass is 19.1. The van der Waals surface area contributed by atoms with Crippen LogP contribution in [0.4, 0.5) is 4.39 Å². The normalized spacial score (nSPS) is 24.7. The van der Waals surface area contributed by atoms with Crippen LogP contribution in [0.1, 0.15) is 43.4 Å². The second kappa shape index (κ2) is 5.81. The lowest BCUT2D eigenvalue weighted by atomic mass is 9.77. The first-order chi connectivity index (χ1) is 8.60. The van der Waals surface area contributed by atoms with E-state index in [-0.39, 0.29) is 5.82 Å². The molecule has 3 heteroatoms. The van der Waals surface area contributed by atoms with Gasteiger partial charge in [0, 0.05) is 6.61 Å². The first-order valence-electron chi connectivity index (χ1n) is 6.65. The second-order valence-corrected chi connectivity index (χ2v) is 5.17. The van der Waals surface area contributed by atoms with E-state index in [0.717, 1.165) is 30.6 Å². The minimum atomic E-state index is -0.562. The number of rotatable bonds is 5. The number of hydrogen-bond donors (Lipinski definition) is 1. The van der Waals surface area contributed by atoms with Crippen molar-refractivity contribution < 1.29 is 14.2 Å². The van der Waals surface area contributed by atoms with Gasteiger partial charge in [-0.05, 0) is 62.3 Å². The summed E-state index contributed by atoms with van der Waals surface area (Å²) in [6.45, 7) is 4.66. The summed E-state index contributed by atoms with van der Waals surface area (Å²) in [7, 11) is 0. The molecule has 100 valence electrons. The molecular formula is C15H21FO2. The van der Waals surface area contributed by atoms with Gasteiger partial charge in [-0.3, -0.25) is 0 Å². The molecule has 1 saturated carbocycles. The number of aliphatic hydroxyl groups excluding tert-OH is 1. The van der Waals surface area contributed by atoms with Crippen LogP contribution in [0.3, 0.4) is 0 Å². The van der Waals surface area contributed by atoms with Gasteiger partial charge in [-0.1, -0.05) is 6.07 Å². The Morgan fingerprint density at radius 2 is 2.17 bits per heavy atom. The van der Waals surface area contributed by atoms with Gasteiger partial charge >= 0.3 is 0 Å². The molecule has 1 aromatic carbocycles. The zero-order valence-corrected chi connectivity index (χ0v) is 11.0. The van der Waals surface area contributed by atoms with Gasteiger partial charge in [0.2, 0.25) is 0 Å². The largest absolute Gasteiger partial charge is 0.388 e. The Bertz CT molecular complexity index is 399. The van der Waals surface area contributed by atoms with Crippen LogP contribution >= 0.6 is 0 Å². The first kappa shape index (κ1) is 13.5. The van der Waals surface area contributed by atoms with Crippen molar-refractivity contribution in [3.63, 3.8) is 0 Å². The Labute approximate surface area is 108 Å². The molecule has 1 fully saturated rings. The molecule has 0 spiro atoms. The highest BCUT2D eigenvalue weighted by molar-refractivity contribution is 5.28. The lowest BCUT2D eigenvalue weighted by Gasteiger charge is -2.36. The summed E-state index contributed by atoms with van der Waals surface area (Å²) >= 11 is 0. The monoisotopic (exact) mass is 252 g/mol. The molecule has 0 radical (unpaired) electrons. The predicted molar refractivity (Wildman–Crippen MR) is 68.9 cm³/mol. The molecule has 0 saturated heterocycles. The van der Waals surface area contributed by atoms with Gasteiger partial charge in [0.05, 0.1) is 12.2 Å². The van der Waals surface area contributed by atoms with Crippen molar-refractivity contribution in [2.24, 2.45) is 5.92 Å². The molecule has 1 unspecified atom stereocenters. The van der Waals surface area contributed by atoms with E-state index >= 15 is 0 Å². The minimum absolute atomic E-state index is 0.282. The molecule has 0 amide bonds. The SMILES string of the molecule is CCOC1CC(CC(O)c2cc(F)ccc2C)C1. The Hall–Kier alpha value is -0.930. The van der Waals surface area contributed by atoms with Crippen LogP contribution < -0.4 is 0 Å². The molecule has 2 nitrogen and oxygen atoms in total. The maximum atomic E-state index is 13.2. The summed E-state index contributed by atoms with van der Waals surface area (Å²) in [5.74, 6) is 0.217. The summed E-state index contributed by atoms with van der Waals surface area (Å²) in [5, 5.41) is 10.2. The summed E-state index contributed by atoms with van der Waals surface area (Å²) in [4.78, 5) is 0. The highest BCUT2D eigenvalue weighted by Gasteiger charge is 2.31. The van der Waals surface area contributed by atoms with Crippen LogP contribution in [0.15, 0.2) is 18.2 Å². The first-order valence-corrected chi connectivity index (χ1v) is 6.65. The molecule has 0 aliphatic heterocycles. The van der Waals surface area contributed by atoms with Crippen molar-refractivity contribution in [2.75, 3.05) is 6.61 Å². The van der Waals surface area contributed by atoms with Gasteiger partial charge in [0.25, 0.3) is 0 Å². The van der Waals surface area contributed by atoms with E-state index in [9.17, 15) is 9.50 Å². The second-order valence-electron chi connectivity index (χ2n) is 5.17. The van der Waals surface area contributed by atoms with Crippen LogP contribution in [0, 0.1) is 18.7 Å². The van der Waals surface area contributed by atoms with Gasteiger partial charge in [-0.15, -0.1) is 0 Å². The summed E-state index contributed by atoms with van der Waals surface area (Å²) in [6.07, 6.45) is 2.53. The average molecular weight is 252 g/mol. The molecular weight excluding hydrogens is 231 g/mol. The van der Waals surface area contributed by atoms with E-state index in [1.54, 1.807) is 6.07 Å². The molecule has 1 aromatic rings. The Morgan fingerprint density at radius 1 is 1.44 bits per heavy atom. The quantitative estimate of drug-likeness (QED) is 0.870. The lowest BCUT2D eigenvalue weighted by molar-refractivity contribution is -0.0380. The van der Waals surface area contributed by atoms with Crippen molar-refractivity contribution in [1.82, 2.24) is 0 Å². The molecule has 1 aliphatic carbocycles. The van der Waals surface area contributed by atoms with Gasteiger partial charge < -0.3 is 9.84 Å². The molecule has 2 rings (SSSR count). The van der Waals surface area contributed by atoms with Crippen LogP contribution in [0.5, 0.6) is 0 Å². The number of aliphatic hydroxyl groups is 1. The van der Waals surface area contributed by atoms with Crippen LogP contribution in [-0.2, 0) is 4.74 Å². The van der Waals surface area contributed by atoms with Crippen LogP contribution in [0.2, 0.25) is 0 Å². The zero-order chi connectivity index (χ0) is 13.1. The molecule has 0 aromatic heterocycles. The van der Waals surface area contributed by atoms with E-state index in [0.29, 0.717) is 18.4 Å². The number of aryl methyl sites for hydroxylation is 1. The van der Waals surface area contributed by atoms with Crippen LogP contribution in [0.25, 0.3) is 0 Å². The zero-order valence-electron chi connectivity index (χ0n) is 11.0. The Morgan fingerprint density at radius 3 is 2.83 bits per heavy atom. The topological polar surface area (TPSA) is 29.5 Å². The third kappa shape index (κ3) is 3.09. The lowest BCUT2D eigenvalue weighted by Crippen LogP contribution is -2.32.